The van der Waals surface area contributed by atoms with E-state index in [0.29, 0.717) is 24.0 Å². The molecule has 0 aliphatic carbocycles. The van der Waals surface area contributed by atoms with Crippen molar-refractivity contribution >= 4 is 20.9 Å². The minimum Gasteiger partial charge on any atom is -0.344 e. The van der Waals surface area contributed by atoms with E-state index >= 15 is 0 Å². The summed E-state index contributed by atoms with van der Waals surface area (Å²) in [4.78, 5) is 7.17. The van der Waals surface area contributed by atoms with Gasteiger partial charge in [-0.05, 0) is 80.6 Å². The summed E-state index contributed by atoms with van der Waals surface area (Å²) in [5.74, 6) is 0. The molecule has 2 aromatic heterocycles. The van der Waals surface area contributed by atoms with Crippen molar-refractivity contribution in [1.82, 2.24) is 18.8 Å². The molecule has 0 atom stereocenters. The van der Waals surface area contributed by atoms with Gasteiger partial charge in [0.05, 0.1) is 4.90 Å². The lowest BCUT2D eigenvalue weighted by atomic mass is 9.98. The van der Waals surface area contributed by atoms with E-state index in [1.807, 2.05) is 31.5 Å². The molecule has 0 spiro atoms. The maximum Gasteiger partial charge on any atom is 0.243 e. The van der Waals surface area contributed by atoms with Crippen molar-refractivity contribution in [3.63, 3.8) is 0 Å². The van der Waals surface area contributed by atoms with Gasteiger partial charge in [-0.25, -0.2) is 8.42 Å². The van der Waals surface area contributed by atoms with Crippen LogP contribution < -0.4 is 0 Å². The normalized spacial score (nSPS) is 17.6. The smallest absolute Gasteiger partial charge is 0.243 e. The number of hydrogen-bond donors (Lipinski definition) is 0. The first-order valence-corrected chi connectivity index (χ1v) is 15.1. The quantitative estimate of drug-likeness (QED) is 0.349. The van der Waals surface area contributed by atoms with Crippen LogP contribution in [-0.4, -0.2) is 52.9 Å². The number of nitrogens with zero attached hydrogens (tertiary/aromatic N) is 4. The number of rotatable bonds is 6. The van der Waals surface area contributed by atoms with Gasteiger partial charge in [0, 0.05) is 74.2 Å². The fourth-order valence-corrected chi connectivity index (χ4v) is 7.72. The Kier molecular flexibility index (Phi) is 6.84. The highest BCUT2D eigenvalue weighted by Crippen LogP contribution is 2.34. The van der Waals surface area contributed by atoms with Crippen molar-refractivity contribution in [3.8, 4) is 0 Å². The molecule has 1 saturated heterocycles. The minimum absolute atomic E-state index is 0.402. The van der Waals surface area contributed by atoms with E-state index < -0.39 is 10.0 Å². The molecule has 0 unspecified atom stereocenters. The van der Waals surface area contributed by atoms with Gasteiger partial charge >= 0.3 is 0 Å². The van der Waals surface area contributed by atoms with Crippen molar-refractivity contribution in [2.24, 2.45) is 0 Å². The molecule has 2 aliphatic rings. The van der Waals surface area contributed by atoms with Gasteiger partial charge in [-0.15, -0.1) is 0 Å². The van der Waals surface area contributed by atoms with Crippen LogP contribution >= 0.6 is 0 Å². The molecule has 1 fully saturated rings. The third kappa shape index (κ3) is 4.79. The molecule has 198 valence electrons. The Bertz CT molecular complexity index is 1540. The lowest BCUT2D eigenvalue weighted by Crippen LogP contribution is -2.48. The molecule has 0 amide bonds. The SMILES string of the molecule is Cc1ccc(S(=O)(=O)N2CCC(N3CCc4c(c5cc(C)ccc5n4CCc4ccncc4)C3)CC2)cc1. The van der Waals surface area contributed by atoms with Crippen LogP contribution in [0.3, 0.4) is 0 Å². The maximum absolute atomic E-state index is 13.2. The van der Waals surface area contributed by atoms with Crippen LogP contribution in [-0.2, 0) is 36.0 Å². The van der Waals surface area contributed by atoms with E-state index in [1.54, 1.807) is 16.4 Å². The lowest BCUT2D eigenvalue weighted by molar-refractivity contribution is 0.125. The molecule has 4 aromatic rings. The number of piperidine rings is 1. The monoisotopic (exact) mass is 528 g/mol. The summed E-state index contributed by atoms with van der Waals surface area (Å²) in [7, 11) is -3.43. The molecule has 0 radical (unpaired) electrons. The first-order valence-electron chi connectivity index (χ1n) is 13.7. The van der Waals surface area contributed by atoms with Gasteiger partial charge in [-0.2, -0.15) is 4.31 Å². The summed E-state index contributed by atoms with van der Waals surface area (Å²) in [6, 6.07) is 18.7. The molecule has 2 aliphatic heterocycles. The fourth-order valence-electron chi connectivity index (χ4n) is 6.25. The summed E-state index contributed by atoms with van der Waals surface area (Å²) in [5, 5.41) is 1.37. The summed E-state index contributed by atoms with van der Waals surface area (Å²) >= 11 is 0. The summed E-state index contributed by atoms with van der Waals surface area (Å²) in [5.41, 5.74) is 7.93. The Hall–Kier alpha value is -3.00. The molecule has 4 heterocycles. The van der Waals surface area contributed by atoms with E-state index in [9.17, 15) is 8.42 Å². The third-order valence-electron chi connectivity index (χ3n) is 8.41. The van der Waals surface area contributed by atoms with Crippen molar-refractivity contribution in [2.75, 3.05) is 19.6 Å². The van der Waals surface area contributed by atoms with Gasteiger partial charge in [0.25, 0.3) is 0 Å². The Labute approximate surface area is 226 Å². The van der Waals surface area contributed by atoms with Crippen molar-refractivity contribution in [1.29, 1.82) is 0 Å². The molecule has 6 nitrogen and oxygen atoms in total. The molecule has 7 heteroatoms. The zero-order valence-electron chi connectivity index (χ0n) is 22.3. The van der Waals surface area contributed by atoms with Crippen LogP contribution in [0.25, 0.3) is 10.9 Å². The first kappa shape index (κ1) is 25.3. The molecule has 0 bridgehead atoms. The Balaban J connectivity index is 1.19. The van der Waals surface area contributed by atoms with E-state index in [4.69, 9.17) is 0 Å². The van der Waals surface area contributed by atoms with E-state index in [0.717, 1.165) is 50.9 Å². The lowest BCUT2D eigenvalue weighted by Gasteiger charge is -2.40. The second-order valence-corrected chi connectivity index (χ2v) is 12.8. The van der Waals surface area contributed by atoms with E-state index in [-0.39, 0.29) is 0 Å². The predicted molar refractivity (Wildman–Crippen MR) is 152 cm³/mol. The van der Waals surface area contributed by atoms with Gasteiger partial charge in [-0.1, -0.05) is 29.3 Å². The largest absolute Gasteiger partial charge is 0.344 e. The standard InChI is InChI=1S/C31H36N4O2S/c1-23-3-6-27(7-4-23)38(36,37)34-18-12-26(13-19-34)33-17-14-31-29(22-33)28-21-24(2)5-8-30(28)35(31)20-11-25-9-15-32-16-10-25/h3-10,15-16,21,26H,11-14,17-20,22H2,1-2H3. The highest BCUT2D eigenvalue weighted by Gasteiger charge is 2.34. The summed E-state index contributed by atoms with van der Waals surface area (Å²) in [6.45, 7) is 8.23. The van der Waals surface area contributed by atoms with Crippen molar-refractivity contribution < 1.29 is 8.42 Å². The fraction of sp³-hybridized carbons (Fsp3) is 0.387. The number of benzene rings is 2. The zero-order valence-corrected chi connectivity index (χ0v) is 23.1. The van der Waals surface area contributed by atoms with Crippen molar-refractivity contribution in [3.05, 3.63) is 94.9 Å². The topological polar surface area (TPSA) is 58.4 Å². The van der Waals surface area contributed by atoms with E-state index in [2.05, 4.69) is 51.7 Å². The van der Waals surface area contributed by atoms with Gasteiger partial charge in [-0.3, -0.25) is 9.88 Å². The van der Waals surface area contributed by atoms with Crippen LogP contribution in [0, 0.1) is 13.8 Å². The number of aryl methyl sites for hydroxylation is 4. The Morgan fingerprint density at radius 3 is 2.34 bits per heavy atom. The van der Waals surface area contributed by atoms with Crippen LogP contribution in [0.5, 0.6) is 0 Å². The van der Waals surface area contributed by atoms with Crippen LogP contribution in [0.1, 0.15) is 40.8 Å². The Morgan fingerprint density at radius 2 is 1.61 bits per heavy atom. The molecule has 0 saturated carbocycles. The molecule has 0 N–H and O–H groups in total. The highest BCUT2D eigenvalue weighted by atomic mass is 32.2. The minimum atomic E-state index is -3.43. The Morgan fingerprint density at radius 1 is 0.895 bits per heavy atom. The van der Waals surface area contributed by atoms with Gasteiger partial charge < -0.3 is 4.57 Å². The van der Waals surface area contributed by atoms with Crippen LogP contribution in [0.2, 0.25) is 0 Å². The second-order valence-electron chi connectivity index (χ2n) is 10.9. The highest BCUT2D eigenvalue weighted by molar-refractivity contribution is 7.89. The van der Waals surface area contributed by atoms with E-state index in [1.165, 1.54) is 33.3 Å². The molecule has 6 rings (SSSR count). The van der Waals surface area contributed by atoms with Gasteiger partial charge in [0.2, 0.25) is 10.0 Å². The number of fused-ring (bicyclic) bond motifs is 3. The molecular formula is C31H36N4O2S. The number of hydrogen-bond acceptors (Lipinski definition) is 4. The van der Waals surface area contributed by atoms with Crippen LogP contribution in [0.4, 0.5) is 0 Å². The molecule has 38 heavy (non-hydrogen) atoms. The average molecular weight is 529 g/mol. The third-order valence-corrected chi connectivity index (χ3v) is 10.3. The number of aromatic nitrogens is 2. The van der Waals surface area contributed by atoms with Crippen molar-refractivity contribution in [2.45, 2.75) is 63.6 Å². The maximum atomic E-state index is 13.2. The molecule has 2 aromatic carbocycles. The zero-order chi connectivity index (χ0) is 26.3. The average Bonchev–Trinajstić information content (AvgIpc) is 3.24. The molecular weight excluding hydrogens is 492 g/mol. The van der Waals surface area contributed by atoms with Gasteiger partial charge in [0.15, 0.2) is 0 Å². The summed E-state index contributed by atoms with van der Waals surface area (Å²) in [6.07, 6.45) is 7.51. The predicted octanol–water partition coefficient (Wildman–Crippen LogP) is 5.11. The second kappa shape index (κ2) is 10.3. The number of pyridine rings is 1. The number of sulfonamides is 1. The van der Waals surface area contributed by atoms with Crippen LogP contribution in [0.15, 0.2) is 71.9 Å². The van der Waals surface area contributed by atoms with Gasteiger partial charge in [0.1, 0.15) is 0 Å². The first-order chi connectivity index (χ1) is 18.4. The summed E-state index contributed by atoms with van der Waals surface area (Å²) < 4.78 is 30.6.